The van der Waals surface area contributed by atoms with E-state index in [-0.39, 0.29) is 19.0 Å². The first-order valence-electron chi connectivity index (χ1n) is 6.37. The molecule has 3 N–H and O–H groups in total. The molecule has 0 spiro atoms. The first kappa shape index (κ1) is 15.7. The van der Waals surface area contributed by atoms with Crippen molar-refractivity contribution in [3.8, 4) is 0 Å². The van der Waals surface area contributed by atoms with Crippen LogP contribution in [0.5, 0.6) is 0 Å². The molecule has 1 aromatic rings. The van der Waals surface area contributed by atoms with Gasteiger partial charge in [-0.3, -0.25) is 14.4 Å². The molecule has 1 aromatic carbocycles. The molecule has 0 heterocycles. The van der Waals surface area contributed by atoms with E-state index in [2.05, 4.69) is 10.6 Å². The van der Waals surface area contributed by atoms with E-state index < -0.39 is 17.8 Å². The highest BCUT2D eigenvalue weighted by atomic mass is 16.4. The standard InChI is InChI=1S/C14H18N2O4/c1-2-10(14(19)20)8-15-12(17)9-16-13(18)11-6-4-3-5-7-11/h3-7,10H,2,8-9H2,1H3,(H,15,17)(H,16,18)(H,19,20). The van der Waals surface area contributed by atoms with Crippen LogP contribution in [0.3, 0.4) is 0 Å². The van der Waals surface area contributed by atoms with Crippen LogP contribution in [0.2, 0.25) is 0 Å². The number of amides is 2. The minimum absolute atomic E-state index is 0.0614. The molecule has 0 bridgehead atoms. The van der Waals surface area contributed by atoms with Crippen LogP contribution in [0.4, 0.5) is 0 Å². The molecule has 1 rings (SSSR count). The van der Waals surface area contributed by atoms with Crippen molar-refractivity contribution < 1.29 is 19.5 Å². The number of hydrogen-bond acceptors (Lipinski definition) is 3. The minimum Gasteiger partial charge on any atom is -0.481 e. The molecule has 0 saturated heterocycles. The maximum atomic E-state index is 11.7. The lowest BCUT2D eigenvalue weighted by atomic mass is 10.1. The lowest BCUT2D eigenvalue weighted by Crippen LogP contribution is -2.40. The zero-order valence-electron chi connectivity index (χ0n) is 11.3. The van der Waals surface area contributed by atoms with Crippen molar-refractivity contribution in [1.82, 2.24) is 10.6 Å². The van der Waals surface area contributed by atoms with E-state index in [1.807, 2.05) is 0 Å². The molecule has 0 saturated carbocycles. The second kappa shape index (κ2) is 7.93. The highest BCUT2D eigenvalue weighted by Crippen LogP contribution is 2.00. The molecule has 1 atom stereocenters. The van der Waals surface area contributed by atoms with Crippen molar-refractivity contribution >= 4 is 17.8 Å². The van der Waals surface area contributed by atoms with E-state index in [9.17, 15) is 14.4 Å². The fourth-order valence-corrected chi connectivity index (χ4v) is 1.56. The molecule has 0 aliphatic heterocycles. The Kier molecular flexibility index (Phi) is 6.22. The second-order valence-electron chi connectivity index (χ2n) is 4.30. The number of carbonyl (C=O) groups is 3. The largest absolute Gasteiger partial charge is 0.481 e. The molecule has 2 amide bonds. The third-order valence-corrected chi connectivity index (χ3v) is 2.83. The van der Waals surface area contributed by atoms with E-state index >= 15 is 0 Å². The number of aliphatic carboxylic acids is 1. The molecule has 0 aliphatic rings. The molecule has 20 heavy (non-hydrogen) atoms. The van der Waals surface area contributed by atoms with Crippen LogP contribution in [0.1, 0.15) is 23.7 Å². The fraction of sp³-hybridized carbons (Fsp3) is 0.357. The molecule has 0 radical (unpaired) electrons. The fourth-order valence-electron chi connectivity index (χ4n) is 1.56. The Morgan fingerprint density at radius 3 is 2.35 bits per heavy atom. The van der Waals surface area contributed by atoms with Gasteiger partial charge in [-0.2, -0.15) is 0 Å². The number of rotatable bonds is 7. The first-order valence-corrected chi connectivity index (χ1v) is 6.37. The van der Waals surface area contributed by atoms with Gasteiger partial charge in [-0.25, -0.2) is 0 Å². The average Bonchev–Trinajstić information content (AvgIpc) is 2.46. The Labute approximate surface area is 117 Å². The Hall–Kier alpha value is -2.37. The summed E-state index contributed by atoms with van der Waals surface area (Å²) in [6, 6.07) is 8.54. The SMILES string of the molecule is CCC(CNC(=O)CNC(=O)c1ccccc1)C(=O)O. The summed E-state index contributed by atoms with van der Waals surface area (Å²) in [5.74, 6) is -2.30. The van der Waals surface area contributed by atoms with E-state index in [0.29, 0.717) is 12.0 Å². The van der Waals surface area contributed by atoms with Gasteiger partial charge in [-0.1, -0.05) is 25.1 Å². The number of carbonyl (C=O) groups excluding carboxylic acids is 2. The second-order valence-corrected chi connectivity index (χ2v) is 4.30. The quantitative estimate of drug-likeness (QED) is 0.682. The van der Waals surface area contributed by atoms with Gasteiger partial charge in [0.2, 0.25) is 5.91 Å². The summed E-state index contributed by atoms with van der Waals surface area (Å²) < 4.78 is 0. The van der Waals surface area contributed by atoms with Crippen molar-refractivity contribution in [1.29, 1.82) is 0 Å². The van der Waals surface area contributed by atoms with Crippen LogP contribution < -0.4 is 10.6 Å². The number of carboxylic acid groups (broad SMARTS) is 1. The predicted octanol–water partition coefficient (Wildman–Crippen LogP) is 0.643. The van der Waals surface area contributed by atoms with E-state index in [1.54, 1.807) is 37.3 Å². The summed E-state index contributed by atoms with van der Waals surface area (Å²) in [5.41, 5.74) is 0.470. The highest BCUT2D eigenvalue weighted by molar-refractivity contribution is 5.96. The van der Waals surface area contributed by atoms with Gasteiger partial charge in [0.15, 0.2) is 0 Å². The molecule has 6 nitrogen and oxygen atoms in total. The predicted molar refractivity (Wildman–Crippen MR) is 73.2 cm³/mol. The van der Waals surface area contributed by atoms with E-state index in [1.165, 1.54) is 0 Å². The summed E-state index contributed by atoms with van der Waals surface area (Å²) >= 11 is 0. The molecule has 6 heteroatoms. The highest BCUT2D eigenvalue weighted by Gasteiger charge is 2.16. The Balaban J connectivity index is 2.33. The lowest BCUT2D eigenvalue weighted by molar-refractivity contribution is -0.141. The van der Waals surface area contributed by atoms with E-state index in [4.69, 9.17) is 5.11 Å². The molecular formula is C14H18N2O4. The van der Waals surface area contributed by atoms with Gasteiger partial charge >= 0.3 is 5.97 Å². The summed E-state index contributed by atoms with van der Waals surface area (Å²) in [6.07, 6.45) is 0.436. The van der Waals surface area contributed by atoms with Gasteiger partial charge in [0.25, 0.3) is 5.91 Å². The topological polar surface area (TPSA) is 95.5 Å². The van der Waals surface area contributed by atoms with Gasteiger partial charge in [0, 0.05) is 12.1 Å². The molecule has 0 aromatic heterocycles. The van der Waals surface area contributed by atoms with Crippen LogP contribution >= 0.6 is 0 Å². The molecule has 0 fully saturated rings. The summed E-state index contributed by atoms with van der Waals surface area (Å²) in [5, 5.41) is 13.8. The smallest absolute Gasteiger partial charge is 0.308 e. The van der Waals surface area contributed by atoms with Crippen molar-refractivity contribution in [3.05, 3.63) is 35.9 Å². The number of carboxylic acids is 1. The lowest BCUT2D eigenvalue weighted by Gasteiger charge is -2.11. The van der Waals surface area contributed by atoms with Gasteiger partial charge < -0.3 is 15.7 Å². The zero-order chi connectivity index (χ0) is 15.0. The molecule has 108 valence electrons. The maximum Gasteiger partial charge on any atom is 0.308 e. The van der Waals surface area contributed by atoms with Gasteiger partial charge in [0.1, 0.15) is 0 Å². The minimum atomic E-state index is -0.943. The van der Waals surface area contributed by atoms with Gasteiger partial charge in [-0.05, 0) is 18.6 Å². The van der Waals surface area contributed by atoms with Crippen LogP contribution in [0.15, 0.2) is 30.3 Å². The van der Waals surface area contributed by atoms with E-state index in [0.717, 1.165) is 0 Å². The van der Waals surface area contributed by atoms with Crippen LogP contribution in [0.25, 0.3) is 0 Å². The van der Waals surface area contributed by atoms with Crippen LogP contribution in [-0.4, -0.2) is 36.0 Å². The Morgan fingerprint density at radius 2 is 1.80 bits per heavy atom. The van der Waals surface area contributed by atoms with Crippen molar-refractivity contribution in [2.24, 2.45) is 5.92 Å². The van der Waals surface area contributed by atoms with Gasteiger partial charge in [0.05, 0.1) is 12.5 Å². The van der Waals surface area contributed by atoms with Crippen molar-refractivity contribution in [2.75, 3.05) is 13.1 Å². The molecule has 1 unspecified atom stereocenters. The normalized spacial score (nSPS) is 11.4. The van der Waals surface area contributed by atoms with Gasteiger partial charge in [-0.15, -0.1) is 0 Å². The summed E-state index contributed by atoms with van der Waals surface area (Å²) in [6.45, 7) is 1.62. The average molecular weight is 278 g/mol. The third kappa shape index (κ3) is 5.09. The zero-order valence-corrected chi connectivity index (χ0v) is 11.3. The van der Waals surface area contributed by atoms with Crippen LogP contribution in [-0.2, 0) is 9.59 Å². The Morgan fingerprint density at radius 1 is 1.15 bits per heavy atom. The number of benzene rings is 1. The Bertz CT molecular complexity index is 473. The first-order chi connectivity index (χ1) is 9.54. The van der Waals surface area contributed by atoms with Crippen molar-refractivity contribution in [2.45, 2.75) is 13.3 Å². The number of nitrogens with one attached hydrogen (secondary N) is 2. The van der Waals surface area contributed by atoms with Crippen molar-refractivity contribution in [3.63, 3.8) is 0 Å². The molecular weight excluding hydrogens is 260 g/mol. The maximum absolute atomic E-state index is 11.7. The summed E-state index contributed by atoms with van der Waals surface area (Å²) in [7, 11) is 0. The third-order valence-electron chi connectivity index (χ3n) is 2.83. The summed E-state index contributed by atoms with van der Waals surface area (Å²) in [4.78, 5) is 33.9. The number of hydrogen-bond donors (Lipinski definition) is 3. The monoisotopic (exact) mass is 278 g/mol. The van der Waals surface area contributed by atoms with Crippen LogP contribution in [0, 0.1) is 5.92 Å². The molecule has 0 aliphatic carbocycles.